The van der Waals surface area contributed by atoms with E-state index in [1.807, 2.05) is 4.90 Å². The zero-order valence-electron chi connectivity index (χ0n) is 18.4. The molecule has 0 saturated carbocycles. The number of amides is 2. The van der Waals surface area contributed by atoms with Crippen LogP contribution in [0.1, 0.15) is 23.2 Å². The van der Waals surface area contributed by atoms with Gasteiger partial charge in [0.1, 0.15) is 0 Å². The molecule has 2 amide bonds. The van der Waals surface area contributed by atoms with Gasteiger partial charge in [0.05, 0.1) is 22.6 Å². The molecule has 5 N–H and O–H groups in total. The zero-order valence-corrected chi connectivity index (χ0v) is 19.9. The van der Waals surface area contributed by atoms with Crippen LogP contribution in [-0.4, -0.2) is 41.0 Å². The van der Waals surface area contributed by atoms with Crippen LogP contribution in [0.4, 0.5) is 11.4 Å². The molecule has 1 fully saturated rings. The molecule has 1 aliphatic heterocycles. The van der Waals surface area contributed by atoms with E-state index in [1.165, 1.54) is 6.08 Å². The fourth-order valence-corrected chi connectivity index (χ4v) is 3.72. The second kappa shape index (κ2) is 11.7. The molecule has 1 aliphatic rings. The van der Waals surface area contributed by atoms with Crippen molar-refractivity contribution in [3.63, 3.8) is 0 Å². The van der Waals surface area contributed by atoms with Gasteiger partial charge < -0.3 is 26.4 Å². The van der Waals surface area contributed by atoms with E-state index < -0.39 is 5.91 Å². The minimum atomic E-state index is -0.400. The number of hydrogen-bond donors (Lipinski definition) is 4. The summed E-state index contributed by atoms with van der Waals surface area (Å²) in [6.07, 6.45) is 5.66. The lowest BCUT2D eigenvalue weighted by molar-refractivity contribution is -0.112. The summed E-state index contributed by atoms with van der Waals surface area (Å²) in [6, 6.07) is 11.3. The number of carbonyl (C=O) groups excluding carboxylic acids is 2. The molecule has 0 aromatic heterocycles. The fraction of sp³-hybridized carbons (Fsp3) is 0.200. The van der Waals surface area contributed by atoms with Crippen molar-refractivity contribution in [3.05, 3.63) is 94.3 Å². The number of piperidine rings is 1. The van der Waals surface area contributed by atoms with Crippen molar-refractivity contribution in [1.82, 2.24) is 4.90 Å². The SMILES string of the molecule is C=C/C(=C\C=C(/N)N1CCC(O)CC1)C(=O)Nc1ccc(Cl)c(NC(=O)c2cccc(Cl)c2)c1. The zero-order chi connectivity index (χ0) is 24.7. The van der Waals surface area contributed by atoms with Crippen LogP contribution < -0.4 is 16.4 Å². The van der Waals surface area contributed by atoms with Gasteiger partial charge in [0, 0.05) is 34.9 Å². The Morgan fingerprint density at radius 2 is 1.82 bits per heavy atom. The van der Waals surface area contributed by atoms with Crippen molar-refractivity contribution < 1.29 is 14.7 Å². The van der Waals surface area contributed by atoms with Crippen molar-refractivity contribution in [2.75, 3.05) is 23.7 Å². The first-order chi connectivity index (χ1) is 16.3. The predicted molar refractivity (Wildman–Crippen MR) is 137 cm³/mol. The molecule has 178 valence electrons. The molecule has 34 heavy (non-hydrogen) atoms. The first-order valence-electron chi connectivity index (χ1n) is 10.7. The van der Waals surface area contributed by atoms with E-state index in [0.717, 1.165) is 0 Å². The van der Waals surface area contributed by atoms with Crippen LogP contribution in [0.25, 0.3) is 0 Å². The second-order valence-corrected chi connectivity index (χ2v) is 8.59. The average molecular weight is 501 g/mol. The Morgan fingerprint density at radius 3 is 2.50 bits per heavy atom. The lowest BCUT2D eigenvalue weighted by atomic mass is 10.1. The maximum Gasteiger partial charge on any atom is 0.255 e. The van der Waals surface area contributed by atoms with E-state index in [9.17, 15) is 14.7 Å². The van der Waals surface area contributed by atoms with Crippen molar-refractivity contribution in [1.29, 1.82) is 0 Å². The van der Waals surface area contributed by atoms with Gasteiger partial charge in [-0.05, 0) is 61.4 Å². The third-order valence-corrected chi connectivity index (χ3v) is 5.87. The van der Waals surface area contributed by atoms with Gasteiger partial charge in [-0.15, -0.1) is 0 Å². The summed E-state index contributed by atoms with van der Waals surface area (Å²) >= 11 is 12.2. The molecular formula is C25H26Cl2N4O3. The van der Waals surface area contributed by atoms with Crippen molar-refractivity contribution in [3.8, 4) is 0 Å². The van der Waals surface area contributed by atoms with Gasteiger partial charge in [0.2, 0.25) is 0 Å². The minimum absolute atomic E-state index is 0.298. The van der Waals surface area contributed by atoms with Gasteiger partial charge >= 0.3 is 0 Å². The summed E-state index contributed by atoms with van der Waals surface area (Å²) < 4.78 is 0. The third-order valence-electron chi connectivity index (χ3n) is 5.30. The highest BCUT2D eigenvalue weighted by atomic mass is 35.5. The second-order valence-electron chi connectivity index (χ2n) is 7.75. The molecule has 0 aliphatic carbocycles. The monoisotopic (exact) mass is 500 g/mol. The molecule has 2 aromatic carbocycles. The summed E-state index contributed by atoms with van der Waals surface area (Å²) in [5.74, 6) is -0.274. The molecule has 1 heterocycles. The Bertz CT molecular complexity index is 1140. The smallest absolute Gasteiger partial charge is 0.255 e. The van der Waals surface area contributed by atoms with E-state index in [1.54, 1.807) is 54.6 Å². The molecule has 0 bridgehead atoms. The molecule has 1 saturated heterocycles. The number of likely N-dealkylation sites (tertiary alicyclic amines) is 1. The highest BCUT2D eigenvalue weighted by molar-refractivity contribution is 6.34. The van der Waals surface area contributed by atoms with Crippen LogP contribution in [-0.2, 0) is 4.79 Å². The maximum absolute atomic E-state index is 12.8. The van der Waals surface area contributed by atoms with Gasteiger partial charge in [-0.1, -0.05) is 41.9 Å². The Labute approximate surface area is 208 Å². The summed E-state index contributed by atoms with van der Waals surface area (Å²) in [5.41, 5.74) is 7.58. The first-order valence-corrected chi connectivity index (χ1v) is 11.4. The third kappa shape index (κ3) is 6.87. The van der Waals surface area contributed by atoms with Crippen LogP contribution in [0.5, 0.6) is 0 Å². The minimum Gasteiger partial charge on any atom is -0.393 e. The molecular weight excluding hydrogens is 475 g/mol. The van der Waals surface area contributed by atoms with Crippen LogP contribution in [0.3, 0.4) is 0 Å². The number of carbonyl (C=O) groups is 2. The van der Waals surface area contributed by atoms with Crippen LogP contribution in [0.15, 0.2) is 78.7 Å². The van der Waals surface area contributed by atoms with Crippen LogP contribution >= 0.6 is 23.2 Å². The standard InChI is InChI=1S/C25H26Cl2N4O3/c1-2-16(6-9-23(28)31-12-10-20(32)11-13-31)24(33)29-19-7-8-21(27)22(15-19)30-25(34)17-4-3-5-18(26)14-17/h2-9,14-15,20,32H,1,10-13,28H2,(H,29,33)(H,30,34)/b16-6+,23-9+. The molecule has 2 aromatic rings. The number of hydrogen-bond acceptors (Lipinski definition) is 5. The number of rotatable bonds is 7. The first kappa shape index (κ1) is 25.4. The van der Waals surface area contributed by atoms with Crippen LogP contribution in [0.2, 0.25) is 10.0 Å². The van der Waals surface area contributed by atoms with E-state index in [-0.39, 0.29) is 12.0 Å². The van der Waals surface area contributed by atoms with Gasteiger partial charge in [0.25, 0.3) is 11.8 Å². The van der Waals surface area contributed by atoms with E-state index in [4.69, 9.17) is 28.9 Å². The highest BCUT2D eigenvalue weighted by Gasteiger charge is 2.17. The number of nitrogens with zero attached hydrogens (tertiary/aromatic N) is 1. The summed E-state index contributed by atoms with van der Waals surface area (Å²) in [6.45, 7) is 5.01. The number of anilines is 2. The maximum atomic E-state index is 12.8. The number of aliphatic hydroxyl groups excluding tert-OH is 1. The number of nitrogens with one attached hydrogen (secondary N) is 2. The number of halogens is 2. The molecule has 0 spiro atoms. The highest BCUT2D eigenvalue weighted by Crippen LogP contribution is 2.27. The summed E-state index contributed by atoms with van der Waals surface area (Å²) in [5, 5.41) is 15.9. The van der Waals surface area contributed by atoms with Crippen molar-refractivity contribution >= 4 is 46.4 Å². The van der Waals surface area contributed by atoms with Gasteiger partial charge in [-0.25, -0.2) is 0 Å². The van der Waals surface area contributed by atoms with E-state index in [2.05, 4.69) is 17.2 Å². The van der Waals surface area contributed by atoms with E-state index >= 15 is 0 Å². The molecule has 0 radical (unpaired) electrons. The van der Waals surface area contributed by atoms with Gasteiger partial charge in [-0.2, -0.15) is 0 Å². The number of allylic oxidation sites excluding steroid dienone is 2. The number of nitrogens with two attached hydrogens (primary N) is 1. The van der Waals surface area contributed by atoms with Gasteiger partial charge in [-0.3, -0.25) is 9.59 Å². The lowest BCUT2D eigenvalue weighted by Gasteiger charge is -2.31. The van der Waals surface area contributed by atoms with E-state index in [0.29, 0.717) is 64.3 Å². The Hall–Kier alpha value is -3.26. The number of benzene rings is 2. The Kier molecular flexibility index (Phi) is 8.76. The van der Waals surface area contributed by atoms with Crippen molar-refractivity contribution in [2.24, 2.45) is 5.73 Å². The molecule has 7 nitrogen and oxygen atoms in total. The quantitative estimate of drug-likeness (QED) is 0.329. The Morgan fingerprint density at radius 1 is 1.09 bits per heavy atom. The average Bonchev–Trinajstić information content (AvgIpc) is 2.82. The molecule has 9 heteroatoms. The molecule has 0 atom stereocenters. The topological polar surface area (TPSA) is 108 Å². The summed E-state index contributed by atoms with van der Waals surface area (Å²) in [4.78, 5) is 27.2. The normalized spacial score (nSPS) is 15.1. The van der Waals surface area contributed by atoms with Crippen LogP contribution in [0, 0.1) is 0 Å². The Balaban J connectivity index is 1.69. The lowest BCUT2D eigenvalue weighted by Crippen LogP contribution is -2.37. The molecule has 0 unspecified atom stereocenters. The number of aliphatic hydroxyl groups is 1. The molecule has 3 rings (SSSR count). The van der Waals surface area contributed by atoms with Crippen molar-refractivity contribution in [2.45, 2.75) is 18.9 Å². The summed E-state index contributed by atoms with van der Waals surface area (Å²) in [7, 11) is 0. The predicted octanol–water partition coefficient (Wildman–Crippen LogP) is 4.55. The van der Waals surface area contributed by atoms with Gasteiger partial charge in [0.15, 0.2) is 0 Å². The fourth-order valence-electron chi connectivity index (χ4n) is 3.37. The largest absolute Gasteiger partial charge is 0.393 e.